The normalized spacial score (nSPS) is 15.7. The Labute approximate surface area is 148 Å². The molecule has 0 bridgehead atoms. The van der Waals surface area contributed by atoms with Crippen molar-refractivity contribution in [2.45, 2.75) is 6.54 Å². The number of rotatable bonds is 4. The Morgan fingerprint density at radius 3 is 2.65 bits per heavy atom. The minimum absolute atomic E-state index is 0.0872. The summed E-state index contributed by atoms with van der Waals surface area (Å²) in [6.07, 6.45) is 0. The van der Waals surface area contributed by atoms with Crippen molar-refractivity contribution < 1.29 is 9.53 Å². The third-order valence-electron chi connectivity index (χ3n) is 4.02. The molecule has 1 fully saturated rings. The van der Waals surface area contributed by atoms with Crippen LogP contribution in [0.1, 0.15) is 15.2 Å². The van der Waals surface area contributed by atoms with Crippen LogP contribution in [0.3, 0.4) is 0 Å². The van der Waals surface area contributed by atoms with Crippen LogP contribution in [0.15, 0.2) is 40.2 Å². The number of amides is 1. The first kappa shape index (κ1) is 16.5. The molecule has 23 heavy (non-hydrogen) atoms. The van der Waals surface area contributed by atoms with E-state index in [1.165, 1.54) is 4.88 Å². The Morgan fingerprint density at radius 1 is 1.26 bits per heavy atom. The van der Waals surface area contributed by atoms with Crippen molar-refractivity contribution in [3.63, 3.8) is 0 Å². The van der Waals surface area contributed by atoms with Crippen LogP contribution in [0.25, 0.3) is 0 Å². The van der Waals surface area contributed by atoms with Gasteiger partial charge in [0.15, 0.2) is 0 Å². The Kier molecular flexibility index (Phi) is 5.35. The molecule has 0 saturated carbocycles. The second kappa shape index (κ2) is 7.47. The van der Waals surface area contributed by atoms with Gasteiger partial charge in [-0.25, -0.2) is 0 Å². The molecule has 1 aromatic carbocycles. The Balaban J connectivity index is 1.58. The smallest absolute Gasteiger partial charge is 0.253 e. The maximum absolute atomic E-state index is 12.6. The van der Waals surface area contributed by atoms with E-state index in [0.29, 0.717) is 5.56 Å². The van der Waals surface area contributed by atoms with Gasteiger partial charge in [-0.3, -0.25) is 9.69 Å². The Morgan fingerprint density at radius 2 is 2.04 bits per heavy atom. The number of hydrogen-bond donors (Lipinski definition) is 0. The molecular weight excluding hydrogens is 376 g/mol. The lowest BCUT2D eigenvalue weighted by Gasteiger charge is -2.34. The van der Waals surface area contributed by atoms with E-state index >= 15 is 0 Å². The highest BCUT2D eigenvalue weighted by molar-refractivity contribution is 9.10. The van der Waals surface area contributed by atoms with Crippen LogP contribution in [0.5, 0.6) is 5.75 Å². The van der Waals surface area contributed by atoms with Crippen molar-refractivity contribution in [3.8, 4) is 5.75 Å². The van der Waals surface area contributed by atoms with Crippen molar-refractivity contribution >= 4 is 33.2 Å². The summed E-state index contributed by atoms with van der Waals surface area (Å²) >= 11 is 5.23. The number of ether oxygens (including phenoxy) is 1. The summed E-state index contributed by atoms with van der Waals surface area (Å²) in [5.74, 6) is 0.825. The van der Waals surface area contributed by atoms with Gasteiger partial charge >= 0.3 is 0 Å². The average molecular weight is 395 g/mol. The number of methoxy groups -OCH3 is 1. The fraction of sp³-hybridized carbons (Fsp3) is 0.353. The molecule has 122 valence electrons. The summed E-state index contributed by atoms with van der Waals surface area (Å²) in [5.41, 5.74) is 0.699. The standard InChI is InChI=1S/C17H19BrN2O2S/c1-22-16-5-4-13(11-15(16)18)17(21)20-8-6-19(7-9-20)12-14-3-2-10-23-14/h2-5,10-11H,6-9,12H2,1H3. The molecule has 0 aliphatic carbocycles. The lowest BCUT2D eigenvalue weighted by Crippen LogP contribution is -2.48. The van der Waals surface area contributed by atoms with Gasteiger partial charge < -0.3 is 9.64 Å². The SMILES string of the molecule is COc1ccc(C(=O)N2CCN(Cc3cccs3)CC2)cc1Br. The van der Waals surface area contributed by atoms with Gasteiger partial charge in [0, 0.05) is 43.2 Å². The quantitative estimate of drug-likeness (QED) is 0.795. The van der Waals surface area contributed by atoms with Gasteiger partial charge in [-0.1, -0.05) is 6.07 Å². The highest BCUT2D eigenvalue weighted by Crippen LogP contribution is 2.26. The maximum atomic E-state index is 12.6. The van der Waals surface area contributed by atoms with E-state index in [9.17, 15) is 4.79 Å². The summed E-state index contributed by atoms with van der Waals surface area (Å²) < 4.78 is 6.02. The zero-order valence-corrected chi connectivity index (χ0v) is 15.4. The fourth-order valence-corrected chi connectivity index (χ4v) is 4.00. The van der Waals surface area contributed by atoms with Crippen LogP contribution in [0.4, 0.5) is 0 Å². The lowest BCUT2D eigenvalue weighted by atomic mass is 10.1. The third-order valence-corrected chi connectivity index (χ3v) is 5.50. The van der Waals surface area contributed by atoms with Crippen LogP contribution in [-0.2, 0) is 6.54 Å². The van der Waals surface area contributed by atoms with Crippen molar-refractivity contribution in [1.82, 2.24) is 9.80 Å². The zero-order chi connectivity index (χ0) is 16.2. The van der Waals surface area contributed by atoms with Gasteiger partial charge in [-0.2, -0.15) is 0 Å². The summed E-state index contributed by atoms with van der Waals surface area (Å²) in [7, 11) is 1.62. The number of carbonyl (C=O) groups excluding carboxylic acids is 1. The number of piperazine rings is 1. The number of hydrogen-bond acceptors (Lipinski definition) is 4. The van der Waals surface area contributed by atoms with Crippen LogP contribution in [0, 0.1) is 0 Å². The van der Waals surface area contributed by atoms with Crippen molar-refractivity contribution in [2.24, 2.45) is 0 Å². The number of thiophene rings is 1. The van der Waals surface area contributed by atoms with E-state index in [1.54, 1.807) is 18.4 Å². The monoisotopic (exact) mass is 394 g/mol. The van der Waals surface area contributed by atoms with Gasteiger partial charge in [0.1, 0.15) is 5.75 Å². The van der Waals surface area contributed by atoms with Gasteiger partial charge in [-0.05, 0) is 45.6 Å². The molecule has 0 atom stereocenters. The molecule has 0 unspecified atom stereocenters. The Bertz CT molecular complexity index is 667. The molecule has 0 N–H and O–H groups in total. The van der Waals surface area contributed by atoms with Gasteiger partial charge in [0.2, 0.25) is 0 Å². The molecule has 1 aliphatic heterocycles. The number of carbonyl (C=O) groups is 1. The van der Waals surface area contributed by atoms with E-state index in [1.807, 2.05) is 23.1 Å². The third kappa shape index (κ3) is 3.94. The maximum Gasteiger partial charge on any atom is 0.253 e. The molecule has 1 amide bonds. The molecule has 4 nitrogen and oxygen atoms in total. The minimum atomic E-state index is 0.0872. The summed E-state index contributed by atoms with van der Waals surface area (Å²) in [5, 5.41) is 2.11. The molecular formula is C17H19BrN2O2S. The van der Waals surface area contributed by atoms with Gasteiger partial charge in [0.25, 0.3) is 5.91 Å². The van der Waals surface area contributed by atoms with E-state index in [4.69, 9.17) is 4.74 Å². The summed E-state index contributed by atoms with van der Waals surface area (Å²) in [6, 6.07) is 9.73. The Hall–Kier alpha value is -1.37. The molecule has 0 spiro atoms. The van der Waals surface area contributed by atoms with Gasteiger partial charge in [-0.15, -0.1) is 11.3 Å². The molecule has 1 saturated heterocycles. The first-order valence-corrected chi connectivity index (χ1v) is 9.22. The predicted octanol–water partition coefficient (Wildman–Crippen LogP) is 3.48. The van der Waals surface area contributed by atoms with E-state index in [-0.39, 0.29) is 5.91 Å². The zero-order valence-electron chi connectivity index (χ0n) is 13.0. The highest BCUT2D eigenvalue weighted by atomic mass is 79.9. The van der Waals surface area contributed by atoms with Gasteiger partial charge in [0.05, 0.1) is 11.6 Å². The van der Waals surface area contributed by atoms with Crippen LogP contribution >= 0.6 is 27.3 Å². The number of benzene rings is 1. The van der Waals surface area contributed by atoms with Crippen LogP contribution in [-0.4, -0.2) is 49.0 Å². The van der Waals surface area contributed by atoms with Crippen LogP contribution < -0.4 is 4.74 Å². The topological polar surface area (TPSA) is 32.8 Å². The lowest BCUT2D eigenvalue weighted by molar-refractivity contribution is 0.0629. The molecule has 6 heteroatoms. The molecule has 3 rings (SSSR count). The summed E-state index contributed by atoms with van der Waals surface area (Å²) in [4.78, 5) is 18.3. The second-order valence-electron chi connectivity index (χ2n) is 5.50. The largest absolute Gasteiger partial charge is 0.496 e. The molecule has 2 heterocycles. The molecule has 0 radical (unpaired) electrons. The average Bonchev–Trinajstić information content (AvgIpc) is 3.08. The van der Waals surface area contributed by atoms with Crippen LogP contribution in [0.2, 0.25) is 0 Å². The number of nitrogens with zero attached hydrogens (tertiary/aromatic N) is 2. The molecule has 2 aromatic rings. The van der Waals surface area contributed by atoms with E-state index in [2.05, 4.69) is 38.3 Å². The fourth-order valence-electron chi connectivity index (χ4n) is 2.71. The van der Waals surface area contributed by atoms with Crippen molar-refractivity contribution in [3.05, 3.63) is 50.6 Å². The van der Waals surface area contributed by atoms with Crippen molar-refractivity contribution in [1.29, 1.82) is 0 Å². The number of halogens is 1. The second-order valence-corrected chi connectivity index (χ2v) is 7.38. The van der Waals surface area contributed by atoms with E-state index < -0.39 is 0 Å². The molecule has 1 aliphatic rings. The summed E-state index contributed by atoms with van der Waals surface area (Å²) in [6.45, 7) is 4.36. The predicted molar refractivity (Wildman–Crippen MR) is 96.2 cm³/mol. The highest BCUT2D eigenvalue weighted by Gasteiger charge is 2.22. The first-order chi connectivity index (χ1) is 11.2. The molecule has 1 aromatic heterocycles. The minimum Gasteiger partial charge on any atom is -0.496 e. The first-order valence-electron chi connectivity index (χ1n) is 7.55. The van der Waals surface area contributed by atoms with Crippen molar-refractivity contribution in [2.75, 3.05) is 33.3 Å². The van der Waals surface area contributed by atoms with E-state index in [0.717, 1.165) is 42.9 Å².